The standard InChI is InChI=1S/C5H11O4P/c1-4(2)10(8,9)3-5(6)7/h4H,3H2,1-2H3,(H,6,7)(H,8,9). The molecular weight excluding hydrogens is 155 g/mol. The molecule has 0 aliphatic rings. The summed E-state index contributed by atoms with van der Waals surface area (Å²) in [7, 11) is -3.42. The summed E-state index contributed by atoms with van der Waals surface area (Å²) in [4.78, 5) is 18.9. The molecule has 2 N–H and O–H groups in total. The molecule has 0 rings (SSSR count). The Morgan fingerprint density at radius 2 is 2.00 bits per heavy atom. The average Bonchev–Trinajstić information content (AvgIpc) is 1.60. The smallest absolute Gasteiger partial charge is 0.313 e. The van der Waals surface area contributed by atoms with Crippen LogP contribution in [0.5, 0.6) is 0 Å². The maximum Gasteiger partial charge on any atom is 0.313 e. The molecule has 10 heavy (non-hydrogen) atoms. The fourth-order valence-electron chi connectivity index (χ4n) is 0.376. The first kappa shape index (κ1) is 9.66. The van der Waals surface area contributed by atoms with E-state index in [4.69, 9.17) is 10.00 Å². The van der Waals surface area contributed by atoms with Crippen molar-refractivity contribution in [1.29, 1.82) is 0 Å². The van der Waals surface area contributed by atoms with E-state index in [1.54, 1.807) is 0 Å². The van der Waals surface area contributed by atoms with Crippen LogP contribution in [0.15, 0.2) is 0 Å². The molecule has 0 radical (unpaired) electrons. The second-order valence-corrected chi connectivity index (χ2v) is 5.26. The van der Waals surface area contributed by atoms with Crippen molar-refractivity contribution in [3.63, 3.8) is 0 Å². The van der Waals surface area contributed by atoms with Gasteiger partial charge in [0.2, 0.25) is 7.37 Å². The van der Waals surface area contributed by atoms with Gasteiger partial charge in [0.1, 0.15) is 6.16 Å². The van der Waals surface area contributed by atoms with Crippen molar-refractivity contribution < 1.29 is 19.4 Å². The first-order valence-corrected chi connectivity index (χ1v) is 4.81. The second-order valence-electron chi connectivity index (χ2n) is 2.40. The van der Waals surface area contributed by atoms with Gasteiger partial charge in [-0.15, -0.1) is 0 Å². The number of aliphatic carboxylic acids is 1. The average molecular weight is 166 g/mol. The number of carboxylic acid groups (broad SMARTS) is 1. The van der Waals surface area contributed by atoms with Crippen LogP contribution in [0.2, 0.25) is 0 Å². The van der Waals surface area contributed by atoms with Crippen LogP contribution in [-0.2, 0) is 9.36 Å². The highest BCUT2D eigenvalue weighted by molar-refractivity contribution is 7.59. The number of hydrogen-bond donors (Lipinski definition) is 2. The molecule has 0 spiro atoms. The van der Waals surface area contributed by atoms with E-state index < -0.39 is 25.2 Å². The third kappa shape index (κ3) is 2.99. The predicted molar refractivity (Wildman–Crippen MR) is 37.5 cm³/mol. The Bertz CT molecular complexity index is 174. The first-order valence-electron chi connectivity index (χ1n) is 2.89. The molecule has 0 aliphatic heterocycles. The zero-order chi connectivity index (χ0) is 8.36. The van der Waals surface area contributed by atoms with E-state index in [0.29, 0.717) is 0 Å². The summed E-state index contributed by atoms with van der Waals surface area (Å²) in [6, 6.07) is 0. The van der Waals surface area contributed by atoms with Gasteiger partial charge >= 0.3 is 5.97 Å². The SMILES string of the molecule is CC(C)P(=O)(O)CC(=O)O. The van der Waals surface area contributed by atoms with Gasteiger partial charge in [0.15, 0.2) is 0 Å². The highest BCUT2D eigenvalue weighted by atomic mass is 31.2. The Morgan fingerprint density at radius 3 is 2.10 bits per heavy atom. The van der Waals surface area contributed by atoms with E-state index in [2.05, 4.69) is 0 Å². The quantitative estimate of drug-likeness (QED) is 0.606. The van der Waals surface area contributed by atoms with Gasteiger partial charge in [0.05, 0.1) is 0 Å². The molecule has 0 aliphatic carbocycles. The molecule has 1 unspecified atom stereocenters. The molecule has 0 fully saturated rings. The highest BCUT2D eigenvalue weighted by Gasteiger charge is 2.25. The molecule has 5 heteroatoms. The number of rotatable bonds is 3. The minimum absolute atomic E-state index is 0.469. The van der Waals surface area contributed by atoms with Crippen LogP contribution in [0.1, 0.15) is 13.8 Å². The van der Waals surface area contributed by atoms with Crippen LogP contribution in [0, 0.1) is 0 Å². The molecule has 0 amide bonds. The normalized spacial score (nSPS) is 16.8. The lowest BCUT2D eigenvalue weighted by molar-refractivity contribution is -0.134. The van der Waals surface area contributed by atoms with Gasteiger partial charge in [0, 0.05) is 5.66 Å². The Balaban J connectivity index is 4.14. The van der Waals surface area contributed by atoms with Gasteiger partial charge in [0.25, 0.3) is 0 Å². The Hall–Kier alpha value is -0.340. The largest absolute Gasteiger partial charge is 0.481 e. The van der Waals surface area contributed by atoms with E-state index in [-0.39, 0.29) is 0 Å². The van der Waals surface area contributed by atoms with Gasteiger partial charge in [-0.2, -0.15) is 0 Å². The lowest BCUT2D eigenvalue weighted by Gasteiger charge is -2.11. The van der Waals surface area contributed by atoms with Crippen molar-refractivity contribution in [1.82, 2.24) is 0 Å². The predicted octanol–water partition coefficient (Wildman–Crippen LogP) is 0.750. The molecular formula is C5H11O4P. The van der Waals surface area contributed by atoms with Gasteiger partial charge in [-0.3, -0.25) is 9.36 Å². The van der Waals surface area contributed by atoms with Crippen molar-refractivity contribution in [2.24, 2.45) is 0 Å². The van der Waals surface area contributed by atoms with Crippen molar-refractivity contribution in [3.05, 3.63) is 0 Å². The fourth-order valence-corrected chi connectivity index (χ4v) is 1.13. The Morgan fingerprint density at radius 1 is 1.60 bits per heavy atom. The summed E-state index contributed by atoms with van der Waals surface area (Å²) < 4.78 is 10.9. The van der Waals surface area contributed by atoms with Crippen molar-refractivity contribution in [3.8, 4) is 0 Å². The third-order valence-electron chi connectivity index (χ3n) is 1.17. The first-order chi connectivity index (χ1) is 4.36. The molecule has 0 bridgehead atoms. The minimum atomic E-state index is -3.42. The Kier molecular flexibility index (Phi) is 3.06. The summed E-state index contributed by atoms with van der Waals surface area (Å²) in [6.45, 7) is 3.06. The summed E-state index contributed by atoms with van der Waals surface area (Å²) in [5, 5.41) is 8.17. The van der Waals surface area contributed by atoms with Crippen LogP contribution in [-0.4, -0.2) is 27.8 Å². The molecule has 0 aromatic carbocycles. The van der Waals surface area contributed by atoms with Crippen molar-refractivity contribution >= 4 is 13.3 Å². The van der Waals surface area contributed by atoms with Crippen molar-refractivity contribution in [2.75, 3.05) is 6.16 Å². The number of carboxylic acids is 1. The molecule has 0 heterocycles. The molecule has 1 atom stereocenters. The van der Waals surface area contributed by atoms with E-state index in [0.717, 1.165) is 0 Å². The third-order valence-corrected chi connectivity index (χ3v) is 3.51. The van der Waals surface area contributed by atoms with Gasteiger partial charge in [-0.05, 0) is 0 Å². The second kappa shape index (κ2) is 3.17. The van der Waals surface area contributed by atoms with Crippen molar-refractivity contribution in [2.45, 2.75) is 19.5 Å². The van der Waals surface area contributed by atoms with Gasteiger partial charge in [-0.1, -0.05) is 13.8 Å². The van der Waals surface area contributed by atoms with Crippen LogP contribution >= 0.6 is 7.37 Å². The zero-order valence-electron chi connectivity index (χ0n) is 5.94. The summed E-state index contributed by atoms with van der Waals surface area (Å²) in [6.07, 6.45) is -0.634. The zero-order valence-corrected chi connectivity index (χ0v) is 6.84. The maximum atomic E-state index is 10.9. The topological polar surface area (TPSA) is 74.6 Å². The summed E-state index contributed by atoms with van der Waals surface area (Å²) >= 11 is 0. The molecule has 60 valence electrons. The maximum absolute atomic E-state index is 10.9. The molecule has 4 nitrogen and oxygen atoms in total. The molecule has 0 aromatic heterocycles. The van der Waals surface area contributed by atoms with Crippen LogP contribution < -0.4 is 0 Å². The van der Waals surface area contributed by atoms with Crippen LogP contribution in [0.3, 0.4) is 0 Å². The van der Waals surface area contributed by atoms with E-state index >= 15 is 0 Å². The summed E-state index contributed by atoms with van der Waals surface area (Å²) in [5.41, 5.74) is -0.469. The van der Waals surface area contributed by atoms with Gasteiger partial charge in [-0.25, -0.2) is 0 Å². The highest BCUT2D eigenvalue weighted by Crippen LogP contribution is 2.45. The molecule has 0 aromatic rings. The van der Waals surface area contributed by atoms with Crippen LogP contribution in [0.25, 0.3) is 0 Å². The van der Waals surface area contributed by atoms with E-state index in [9.17, 15) is 9.36 Å². The lowest BCUT2D eigenvalue weighted by atomic mass is 10.6. The Labute approximate surface area is 59.3 Å². The lowest BCUT2D eigenvalue weighted by Crippen LogP contribution is -2.09. The monoisotopic (exact) mass is 166 g/mol. The molecule has 0 saturated carbocycles. The fraction of sp³-hybridized carbons (Fsp3) is 0.800. The molecule has 0 saturated heterocycles. The van der Waals surface area contributed by atoms with E-state index in [1.807, 2.05) is 0 Å². The summed E-state index contributed by atoms with van der Waals surface area (Å²) in [5.74, 6) is -1.22. The van der Waals surface area contributed by atoms with Crippen LogP contribution in [0.4, 0.5) is 0 Å². The van der Waals surface area contributed by atoms with E-state index in [1.165, 1.54) is 13.8 Å². The number of hydrogen-bond acceptors (Lipinski definition) is 2. The number of carbonyl (C=O) groups is 1. The minimum Gasteiger partial charge on any atom is -0.481 e. The van der Waals surface area contributed by atoms with Gasteiger partial charge < -0.3 is 10.00 Å².